The molecule has 0 atom stereocenters. The molecule has 120 valence electrons. The van der Waals surface area contributed by atoms with Gasteiger partial charge in [-0.1, -0.05) is 12.1 Å². The van der Waals surface area contributed by atoms with Crippen LogP contribution < -0.4 is 5.32 Å². The van der Waals surface area contributed by atoms with Gasteiger partial charge in [0.05, 0.1) is 5.56 Å². The molecular weight excluding hydrogens is 295 g/mol. The first-order valence-electron chi connectivity index (χ1n) is 7.82. The molecular formula is C17H19FN4O. The predicted octanol–water partition coefficient (Wildman–Crippen LogP) is 2.51. The number of anilines is 1. The smallest absolute Gasteiger partial charge is 0.256 e. The molecule has 23 heavy (non-hydrogen) atoms. The number of aromatic nitrogens is 2. The Morgan fingerprint density at radius 2 is 1.78 bits per heavy atom. The topological polar surface area (TPSA) is 58.1 Å². The molecule has 1 N–H and O–H groups in total. The molecule has 0 saturated carbocycles. The van der Waals surface area contributed by atoms with Crippen molar-refractivity contribution in [3.63, 3.8) is 0 Å². The number of halogens is 1. The van der Waals surface area contributed by atoms with Crippen LogP contribution in [0.25, 0.3) is 0 Å². The lowest BCUT2D eigenvalue weighted by molar-refractivity contribution is 0.0792. The van der Waals surface area contributed by atoms with E-state index in [1.54, 1.807) is 24.5 Å². The first-order chi connectivity index (χ1) is 11.2. The SMILES string of the molecule is O=C(c1cnc(NCCc2ccc(F)cc2)nc1)N1CCCC1. The molecule has 2 heterocycles. The molecule has 1 aliphatic rings. The first-order valence-corrected chi connectivity index (χ1v) is 7.82. The molecule has 0 aliphatic carbocycles. The number of carbonyl (C=O) groups is 1. The van der Waals surface area contributed by atoms with Gasteiger partial charge in [0.15, 0.2) is 0 Å². The van der Waals surface area contributed by atoms with Crippen molar-refractivity contribution in [3.8, 4) is 0 Å². The molecule has 1 aromatic carbocycles. The van der Waals surface area contributed by atoms with E-state index >= 15 is 0 Å². The number of hydrogen-bond donors (Lipinski definition) is 1. The van der Waals surface area contributed by atoms with Gasteiger partial charge in [-0.3, -0.25) is 4.79 Å². The number of carbonyl (C=O) groups excluding carboxylic acids is 1. The second kappa shape index (κ2) is 7.17. The zero-order valence-corrected chi connectivity index (χ0v) is 12.8. The third-order valence-corrected chi connectivity index (χ3v) is 3.90. The molecule has 2 aromatic rings. The molecule has 0 spiro atoms. The zero-order valence-electron chi connectivity index (χ0n) is 12.8. The Kier molecular flexibility index (Phi) is 4.80. The molecule has 1 aliphatic heterocycles. The van der Waals surface area contributed by atoms with Crippen molar-refractivity contribution in [2.45, 2.75) is 19.3 Å². The van der Waals surface area contributed by atoms with Crippen molar-refractivity contribution < 1.29 is 9.18 Å². The van der Waals surface area contributed by atoms with Crippen LogP contribution in [-0.2, 0) is 6.42 Å². The van der Waals surface area contributed by atoms with Crippen LogP contribution in [0.5, 0.6) is 0 Å². The van der Waals surface area contributed by atoms with Crippen molar-refractivity contribution in [1.82, 2.24) is 14.9 Å². The molecule has 1 saturated heterocycles. The van der Waals surface area contributed by atoms with E-state index in [2.05, 4.69) is 15.3 Å². The van der Waals surface area contributed by atoms with Gasteiger partial charge in [-0.05, 0) is 37.0 Å². The van der Waals surface area contributed by atoms with Crippen LogP contribution in [0, 0.1) is 5.82 Å². The molecule has 1 aromatic heterocycles. The number of likely N-dealkylation sites (tertiary alicyclic amines) is 1. The van der Waals surface area contributed by atoms with E-state index < -0.39 is 0 Å². The monoisotopic (exact) mass is 314 g/mol. The lowest BCUT2D eigenvalue weighted by Crippen LogP contribution is -2.27. The fraction of sp³-hybridized carbons (Fsp3) is 0.353. The van der Waals surface area contributed by atoms with Crippen LogP contribution in [0.1, 0.15) is 28.8 Å². The maximum absolute atomic E-state index is 12.8. The number of benzene rings is 1. The second-order valence-corrected chi connectivity index (χ2v) is 5.60. The average Bonchev–Trinajstić information content (AvgIpc) is 3.11. The summed E-state index contributed by atoms with van der Waals surface area (Å²) in [6, 6.07) is 6.42. The van der Waals surface area contributed by atoms with E-state index in [0.717, 1.165) is 37.9 Å². The van der Waals surface area contributed by atoms with Crippen LogP contribution >= 0.6 is 0 Å². The summed E-state index contributed by atoms with van der Waals surface area (Å²) in [6.07, 6.45) is 6.01. The summed E-state index contributed by atoms with van der Waals surface area (Å²) in [5.74, 6) is 0.258. The molecule has 0 unspecified atom stereocenters. The molecule has 6 heteroatoms. The Bertz CT molecular complexity index is 651. The van der Waals surface area contributed by atoms with E-state index in [4.69, 9.17) is 0 Å². The standard InChI is InChI=1S/C17H19FN4O/c18-15-5-3-13(4-6-15)7-8-19-17-20-11-14(12-21-17)16(23)22-9-1-2-10-22/h3-6,11-12H,1-2,7-10H2,(H,19,20,21). The zero-order chi connectivity index (χ0) is 16.1. The van der Waals surface area contributed by atoms with E-state index in [-0.39, 0.29) is 11.7 Å². The minimum absolute atomic E-state index is 0.000335. The highest BCUT2D eigenvalue weighted by Gasteiger charge is 2.19. The van der Waals surface area contributed by atoms with Crippen molar-refractivity contribution in [2.75, 3.05) is 25.0 Å². The largest absolute Gasteiger partial charge is 0.354 e. The van der Waals surface area contributed by atoms with Gasteiger partial charge in [-0.15, -0.1) is 0 Å². The fourth-order valence-corrected chi connectivity index (χ4v) is 2.60. The normalized spacial score (nSPS) is 14.0. The van der Waals surface area contributed by atoms with Gasteiger partial charge in [-0.25, -0.2) is 14.4 Å². The summed E-state index contributed by atoms with van der Waals surface area (Å²) in [4.78, 5) is 22.4. The number of rotatable bonds is 5. The van der Waals surface area contributed by atoms with Crippen molar-refractivity contribution >= 4 is 11.9 Å². The number of hydrogen-bond acceptors (Lipinski definition) is 4. The van der Waals surface area contributed by atoms with E-state index in [0.29, 0.717) is 18.1 Å². The summed E-state index contributed by atoms with van der Waals surface area (Å²) < 4.78 is 12.8. The van der Waals surface area contributed by atoms with Crippen molar-refractivity contribution in [3.05, 3.63) is 53.6 Å². The fourth-order valence-electron chi connectivity index (χ4n) is 2.60. The van der Waals surface area contributed by atoms with Gasteiger partial charge in [0.2, 0.25) is 5.95 Å². The minimum atomic E-state index is -0.233. The maximum atomic E-state index is 12.8. The minimum Gasteiger partial charge on any atom is -0.354 e. The van der Waals surface area contributed by atoms with Crippen LogP contribution in [0.15, 0.2) is 36.7 Å². The molecule has 1 amide bonds. The summed E-state index contributed by atoms with van der Waals surface area (Å²) in [7, 11) is 0. The van der Waals surface area contributed by atoms with Gasteiger partial charge < -0.3 is 10.2 Å². The Morgan fingerprint density at radius 3 is 2.43 bits per heavy atom. The first kappa shape index (κ1) is 15.4. The molecule has 5 nitrogen and oxygen atoms in total. The number of nitrogens with zero attached hydrogens (tertiary/aromatic N) is 3. The van der Waals surface area contributed by atoms with Gasteiger partial charge in [0.1, 0.15) is 5.82 Å². The molecule has 1 fully saturated rings. The van der Waals surface area contributed by atoms with Gasteiger partial charge in [-0.2, -0.15) is 0 Å². The number of nitrogens with one attached hydrogen (secondary N) is 1. The third-order valence-electron chi connectivity index (χ3n) is 3.90. The lowest BCUT2D eigenvalue weighted by Gasteiger charge is -2.14. The second-order valence-electron chi connectivity index (χ2n) is 5.60. The van der Waals surface area contributed by atoms with Crippen molar-refractivity contribution in [2.24, 2.45) is 0 Å². The molecule has 3 rings (SSSR count). The highest BCUT2D eigenvalue weighted by molar-refractivity contribution is 5.93. The van der Waals surface area contributed by atoms with Crippen LogP contribution in [0.2, 0.25) is 0 Å². The summed E-state index contributed by atoms with van der Waals surface area (Å²) in [6.45, 7) is 2.28. The van der Waals surface area contributed by atoms with Gasteiger partial charge in [0.25, 0.3) is 5.91 Å². The molecule has 0 bridgehead atoms. The van der Waals surface area contributed by atoms with E-state index in [1.165, 1.54) is 12.1 Å². The Hall–Kier alpha value is -2.50. The van der Waals surface area contributed by atoms with Crippen LogP contribution in [-0.4, -0.2) is 40.4 Å². The Morgan fingerprint density at radius 1 is 1.13 bits per heavy atom. The Labute approximate surface area is 134 Å². The summed E-state index contributed by atoms with van der Waals surface area (Å²) in [5, 5.41) is 3.10. The molecule has 0 radical (unpaired) electrons. The quantitative estimate of drug-likeness (QED) is 0.921. The van der Waals surface area contributed by atoms with Gasteiger partial charge in [0, 0.05) is 32.0 Å². The van der Waals surface area contributed by atoms with Crippen LogP contribution in [0.3, 0.4) is 0 Å². The van der Waals surface area contributed by atoms with Crippen molar-refractivity contribution in [1.29, 1.82) is 0 Å². The predicted molar refractivity (Wildman–Crippen MR) is 85.8 cm³/mol. The van der Waals surface area contributed by atoms with E-state index in [1.807, 2.05) is 4.90 Å². The maximum Gasteiger partial charge on any atom is 0.256 e. The average molecular weight is 314 g/mol. The third kappa shape index (κ3) is 4.03. The highest BCUT2D eigenvalue weighted by atomic mass is 19.1. The number of amides is 1. The van der Waals surface area contributed by atoms with Crippen LogP contribution in [0.4, 0.5) is 10.3 Å². The highest BCUT2D eigenvalue weighted by Crippen LogP contribution is 2.12. The Balaban J connectivity index is 1.51. The summed E-state index contributed by atoms with van der Waals surface area (Å²) in [5.41, 5.74) is 1.57. The van der Waals surface area contributed by atoms with E-state index in [9.17, 15) is 9.18 Å². The van der Waals surface area contributed by atoms with Gasteiger partial charge >= 0.3 is 0 Å². The lowest BCUT2D eigenvalue weighted by atomic mass is 10.1. The summed E-state index contributed by atoms with van der Waals surface area (Å²) >= 11 is 0.